The van der Waals surface area contributed by atoms with E-state index in [4.69, 9.17) is 0 Å². The van der Waals surface area contributed by atoms with Gasteiger partial charge < -0.3 is 10.2 Å². The van der Waals surface area contributed by atoms with Crippen LogP contribution in [0.15, 0.2) is 22.7 Å². The Morgan fingerprint density at radius 1 is 1.33 bits per heavy atom. The summed E-state index contributed by atoms with van der Waals surface area (Å²) in [6, 6.07) is 6.74. The van der Waals surface area contributed by atoms with E-state index in [0.717, 1.165) is 19.6 Å². The zero-order valence-electron chi connectivity index (χ0n) is 10.9. The third-order valence-corrected chi connectivity index (χ3v) is 4.84. The number of rotatable bonds is 4. The number of thioether (sulfide) groups is 1. The van der Waals surface area contributed by atoms with Gasteiger partial charge >= 0.3 is 0 Å². The molecule has 0 unspecified atom stereocenters. The largest absolute Gasteiger partial charge is 0.370 e. The minimum Gasteiger partial charge on any atom is -0.370 e. The summed E-state index contributed by atoms with van der Waals surface area (Å²) in [7, 11) is 0. The molecule has 0 radical (unpaired) electrons. The summed E-state index contributed by atoms with van der Waals surface area (Å²) in [5.41, 5.74) is 2.69. The lowest BCUT2D eigenvalue weighted by atomic mass is 10.2. The third-order valence-electron chi connectivity index (χ3n) is 3.15. The molecular formula is C14H21BrN2S. The van der Waals surface area contributed by atoms with Crippen molar-refractivity contribution >= 4 is 33.4 Å². The van der Waals surface area contributed by atoms with Crippen LogP contribution in [0.4, 0.5) is 5.69 Å². The van der Waals surface area contributed by atoms with Gasteiger partial charge in [0, 0.05) is 29.9 Å². The van der Waals surface area contributed by atoms with Crippen LogP contribution >= 0.6 is 27.7 Å². The van der Waals surface area contributed by atoms with E-state index in [-0.39, 0.29) is 0 Å². The molecule has 1 aliphatic rings. The SMILES string of the molecule is CCNCc1ccc(N2CCCSCC2)c(Br)c1. The monoisotopic (exact) mass is 328 g/mol. The summed E-state index contributed by atoms with van der Waals surface area (Å²) in [5, 5.41) is 3.36. The fourth-order valence-electron chi connectivity index (χ4n) is 2.17. The van der Waals surface area contributed by atoms with Gasteiger partial charge in [0.25, 0.3) is 0 Å². The lowest BCUT2D eigenvalue weighted by Gasteiger charge is -2.24. The Morgan fingerprint density at radius 3 is 3.00 bits per heavy atom. The molecule has 0 aromatic heterocycles. The van der Waals surface area contributed by atoms with E-state index in [9.17, 15) is 0 Å². The van der Waals surface area contributed by atoms with Crippen LogP contribution < -0.4 is 10.2 Å². The van der Waals surface area contributed by atoms with Crippen LogP contribution in [0.1, 0.15) is 18.9 Å². The van der Waals surface area contributed by atoms with Crippen LogP contribution in [0.2, 0.25) is 0 Å². The molecule has 1 N–H and O–H groups in total. The van der Waals surface area contributed by atoms with Crippen molar-refractivity contribution in [3.63, 3.8) is 0 Å². The van der Waals surface area contributed by atoms with Crippen LogP contribution in [0.5, 0.6) is 0 Å². The topological polar surface area (TPSA) is 15.3 Å². The highest BCUT2D eigenvalue weighted by atomic mass is 79.9. The summed E-state index contributed by atoms with van der Waals surface area (Å²) in [6.45, 7) is 6.44. The van der Waals surface area contributed by atoms with Gasteiger partial charge in [-0.2, -0.15) is 11.8 Å². The maximum atomic E-state index is 3.72. The second kappa shape index (κ2) is 7.41. The van der Waals surface area contributed by atoms with Gasteiger partial charge in [0.2, 0.25) is 0 Å². The number of anilines is 1. The van der Waals surface area contributed by atoms with Crippen molar-refractivity contribution in [3.8, 4) is 0 Å². The van der Waals surface area contributed by atoms with Crippen LogP contribution in [0, 0.1) is 0 Å². The van der Waals surface area contributed by atoms with Gasteiger partial charge in [-0.05, 0) is 52.3 Å². The van der Waals surface area contributed by atoms with E-state index in [2.05, 4.69) is 63.0 Å². The highest BCUT2D eigenvalue weighted by molar-refractivity contribution is 9.10. The minimum absolute atomic E-state index is 0.950. The van der Waals surface area contributed by atoms with E-state index < -0.39 is 0 Å². The van der Waals surface area contributed by atoms with Crippen molar-refractivity contribution in [3.05, 3.63) is 28.2 Å². The Kier molecular flexibility index (Phi) is 5.86. The molecule has 1 heterocycles. The molecule has 0 aliphatic carbocycles. The molecule has 0 atom stereocenters. The maximum Gasteiger partial charge on any atom is 0.0511 e. The first-order valence-corrected chi connectivity index (χ1v) is 8.58. The van der Waals surface area contributed by atoms with Crippen LogP contribution in [-0.2, 0) is 6.54 Å². The summed E-state index contributed by atoms with van der Waals surface area (Å²) in [5.74, 6) is 2.54. The van der Waals surface area contributed by atoms with Crippen molar-refractivity contribution in [2.24, 2.45) is 0 Å². The molecule has 0 amide bonds. The predicted molar refractivity (Wildman–Crippen MR) is 85.7 cm³/mol. The quantitative estimate of drug-likeness (QED) is 0.910. The fraction of sp³-hybridized carbons (Fsp3) is 0.571. The lowest BCUT2D eigenvalue weighted by molar-refractivity contribution is 0.726. The van der Waals surface area contributed by atoms with E-state index in [0.29, 0.717) is 0 Å². The summed E-state index contributed by atoms with van der Waals surface area (Å²) in [4.78, 5) is 2.50. The molecule has 1 fully saturated rings. The first-order chi connectivity index (χ1) is 8.81. The molecule has 2 rings (SSSR count). The first kappa shape index (κ1) is 14.2. The molecule has 4 heteroatoms. The smallest absolute Gasteiger partial charge is 0.0511 e. The van der Waals surface area contributed by atoms with Gasteiger partial charge in [0.15, 0.2) is 0 Å². The van der Waals surface area contributed by atoms with E-state index >= 15 is 0 Å². The number of halogens is 1. The second-order valence-electron chi connectivity index (χ2n) is 4.52. The Bertz CT molecular complexity index is 376. The van der Waals surface area contributed by atoms with Crippen molar-refractivity contribution in [2.45, 2.75) is 19.9 Å². The zero-order valence-corrected chi connectivity index (χ0v) is 13.3. The maximum absolute atomic E-state index is 3.72. The van der Waals surface area contributed by atoms with Gasteiger partial charge in [-0.3, -0.25) is 0 Å². The molecule has 1 aliphatic heterocycles. The molecule has 1 aromatic carbocycles. The molecule has 0 bridgehead atoms. The van der Waals surface area contributed by atoms with Gasteiger partial charge in [-0.1, -0.05) is 13.0 Å². The van der Waals surface area contributed by atoms with Gasteiger partial charge in [-0.15, -0.1) is 0 Å². The predicted octanol–water partition coefficient (Wildman–Crippen LogP) is 3.50. The molecule has 1 saturated heterocycles. The summed E-state index contributed by atoms with van der Waals surface area (Å²) >= 11 is 5.79. The first-order valence-electron chi connectivity index (χ1n) is 6.63. The van der Waals surface area contributed by atoms with Crippen molar-refractivity contribution in [1.29, 1.82) is 0 Å². The van der Waals surface area contributed by atoms with Gasteiger partial charge in [0.05, 0.1) is 5.69 Å². The molecule has 18 heavy (non-hydrogen) atoms. The van der Waals surface area contributed by atoms with Crippen LogP contribution in [-0.4, -0.2) is 31.1 Å². The second-order valence-corrected chi connectivity index (χ2v) is 6.60. The fourth-order valence-corrected chi connectivity index (χ4v) is 3.74. The van der Waals surface area contributed by atoms with Crippen molar-refractivity contribution in [1.82, 2.24) is 5.32 Å². The molecule has 2 nitrogen and oxygen atoms in total. The minimum atomic E-state index is 0.950. The average Bonchev–Trinajstić information content (AvgIpc) is 2.65. The highest BCUT2D eigenvalue weighted by Crippen LogP contribution is 2.29. The Morgan fingerprint density at radius 2 is 2.22 bits per heavy atom. The Labute approximate surface area is 123 Å². The Balaban J connectivity index is 2.08. The third kappa shape index (κ3) is 3.90. The molecule has 1 aromatic rings. The van der Waals surface area contributed by atoms with Crippen LogP contribution in [0.25, 0.3) is 0 Å². The lowest BCUT2D eigenvalue weighted by Crippen LogP contribution is -2.25. The molecule has 100 valence electrons. The zero-order chi connectivity index (χ0) is 12.8. The molecule has 0 saturated carbocycles. The van der Waals surface area contributed by atoms with Crippen molar-refractivity contribution < 1.29 is 0 Å². The number of benzene rings is 1. The van der Waals surface area contributed by atoms with Crippen LogP contribution in [0.3, 0.4) is 0 Å². The number of hydrogen-bond donors (Lipinski definition) is 1. The standard InChI is InChI=1S/C14H21BrN2S/c1-2-16-11-12-4-5-14(13(15)10-12)17-6-3-8-18-9-7-17/h4-5,10,16H,2-3,6-9,11H2,1H3. The molecular weight excluding hydrogens is 308 g/mol. The van der Waals surface area contributed by atoms with Gasteiger partial charge in [-0.25, -0.2) is 0 Å². The van der Waals surface area contributed by atoms with E-state index in [1.54, 1.807) is 0 Å². The average molecular weight is 329 g/mol. The summed E-state index contributed by atoms with van der Waals surface area (Å²) < 4.78 is 1.23. The van der Waals surface area contributed by atoms with E-state index in [1.807, 2.05) is 0 Å². The number of nitrogens with zero attached hydrogens (tertiary/aromatic N) is 1. The normalized spacial score (nSPS) is 16.7. The highest BCUT2D eigenvalue weighted by Gasteiger charge is 2.12. The van der Waals surface area contributed by atoms with Gasteiger partial charge in [0.1, 0.15) is 0 Å². The number of hydrogen-bond acceptors (Lipinski definition) is 3. The Hall–Kier alpha value is -0.190. The van der Waals surface area contributed by atoms with Crippen molar-refractivity contribution in [2.75, 3.05) is 36.0 Å². The van der Waals surface area contributed by atoms with E-state index in [1.165, 1.54) is 40.2 Å². The molecule has 0 spiro atoms. The summed E-state index contributed by atoms with van der Waals surface area (Å²) in [6.07, 6.45) is 1.29. The number of nitrogens with one attached hydrogen (secondary N) is 1.